The summed E-state index contributed by atoms with van der Waals surface area (Å²) in [6.07, 6.45) is 1.51. The maximum Gasteiger partial charge on any atom is 0.242 e. The summed E-state index contributed by atoms with van der Waals surface area (Å²) in [6, 6.07) is 4.90. The molecular formula is C22H27N5O4S. The summed E-state index contributed by atoms with van der Waals surface area (Å²) < 4.78 is 33.6. The lowest BCUT2D eigenvalue weighted by molar-refractivity contribution is -0.118. The van der Waals surface area contributed by atoms with Gasteiger partial charge in [-0.1, -0.05) is 0 Å². The summed E-state index contributed by atoms with van der Waals surface area (Å²) in [5.41, 5.74) is 5.32. The number of aromatic nitrogens is 3. The number of pyridine rings is 1. The van der Waals surface area contributed by atoms with E-state index in [1.54, 1.807) is 28.8 Å². The Morgan fingerprint density at radius 3 is 2.72 bits per heavy atom. The summed E-state index contributed by atoms with van der Waals surface area (Å²) >= 11 is 0. The molecule has 2 aromatic heterocycles. The van der Waals surface area contributed by atoms with Gasteiger partial charge < -0.3 is 9.64 Å². The van der Waals surface area contributed by atoms with Crippen molar-refractivity contribution in [2.45, 2.75) is 38.0 Å². The lowest BCUT2D eigenvalue weighted by Gasteiger charge is -2.18. The van der Waals surface area contributed by atoms with Crippen LogP contribution >= 0.6 is 0 Å². The number of carbonyl (C=O) groups is 1. The first-order chi connectivity index (χ1) is 15.2. The number of rotatable bonds is 6. The van der Waals surface area contributed by atoms with Crippen LogP contribution in [0.15, 0.2) is 23.1 Å². The SMILES string of the molecule is CNS(=O)(=O)c1ccc2c(c1)CCN2C(=O)CCc1c(C)nc2c(c(OC)nn2C)c1C. The average Bonchev–Trinajstić information content (AvgIpc) is 3.34. The van der Waals surface area contributed by atoms with E-state index in [-0.39, 0.29) is 10.8 Å². The summed E-state index contributed by atoms with van der Waals surface area (Å²) in [5, 5.41) is 5.24. The van der Waals surface area contributed by atoms with Crippen LogP contribution in [0.4, 0.5) is 5.69 Å². The Kier molecular flexibility index (Phi) is 5.68. The Morgan fingerprint density at radius 1 is 1.28 bits per heavy atom. The summed E-state index contributed by atoms with van der Waals surface area (Å²) in [5.74, 6) is 0.533. The predicted octanol–water partition coefficient (Wildman–Crippen LogP) is 2.02. The second kappa shape index (κ2) is 8.18. The Hall–Kier alpha value is -2.98. The highest BCUT2D eigenvalue weighted by Gasteiger charge is 2.27. The maximum atomic E-state index is 13.1. The zero-order valence-electron chi connectivity index (χ0n) is 18.9. The highest BCUT2D eigenvalue weighted by Crippen LogP contribution is 2.33. The smallest absolute Gasteiger partial charge is 0.242 e. The van der Waals surface area contributed by atoms with Gasteiger partial charge in [0.1, 0.15) is 0 Å². The number of sulfonamides is 1. The van der Waals surface area contributed by atoms with Gasteiger partial charge in [-0.2, -0.15) is 0 Å². The van der Waals surface area contributed by atoms with Crippen molar-refractivity contribution in [2.24, 2.45) is 7.05 Å². The van der Waals surface area contributed by atoms with E-state index in [0.717, 1.165) is 39.1 Å². The average molecular weight is 458 g/mol. The number of carbonyl (C=O) groups excluding carboxylic acids is 1. The van der Waals surface area contributed by atoms with E-state index in [4.69, 9.17) is 4.74 Å². The molecule has 0 radical (unpaired) electrons. The number of hydrogen-bond donors (Lipinski definition) is 1. The van der Waals surface area contributed by atoms with Gasteiger partial charge >= 0.3 is 0 Å². The van der Waals surface area contributed by atoms with Crippen molar-refractivity contribution in [1.82, 2.24) is 19.5 Å². The molecule has 0 atom stereocenters. The second-order valence-electron chi connectivity index (χ2n) is 7.93. The molecule has 3 aromatic rings. The zero-order chi connectivity index (χ0) is 23.2. The monoisotopic (exact) mass is 457 g/mol. The molecule has 32 heavy (non-hydrogen) atoms. The molecule has 0 saturated carbocycles. The van der Waals surface area contributed by atoms with Crippen LogP contribution in [-0.2, 0) is 34.7 Å². The Bertz CT molecular complexity index is 1330. The number of nitrogens with one attached hydrogen (secondary N) is 1. The van der Waals surface area contributed by atoms with E-state index in [0.29, 0.717) is 31.7 Å². The molecule has 1 aliphatic rings. The number of nitrogens with zero attached hydrogens (tertiary/aromatic N) is 4. The van der Waals surface area contributed by atoms with Crippen LogP contribution in [0, 0.1) is 13.8 Å². The van der Waals surface area contributed by atoms with E-state index < -0.39 is 10.0 Å². The minimum absolute atomic E-state index is 0.00465. The summed E-state index contributed by atoms with van der Waals surface area (Å²) in [7, 11) is 1.29. The highest BCUT2D eigenvalue weighted by molar-refractivity contribution is 7.89. The van der Waals surface area contributed by atoms with Crippen LogP contribution < -0.4 is 14.4 Å². The second-order valence-corrected chi connectivity index (χ2v) is 9.81. The Labute approximate surface area is 187 Å². The van der Waals surface area contributed by atoms with Crippen LogP contribution in [0.1, 0.15) is 28.8 Å². The largest absolute Gasteiger partial charge is 0.479 e. The van der Waals surface area contributed by atoms with Crippen molar-refractivity contribution in [2.75, 3.05) is 25.6 Å². The molecule has 1 aliphatic heterocycles. The van der Waals surface area contributed by atoms with Crippen LogP contribution in [0.2, 0.25) is 0 Å². The third-order valence-corrected chi connectivity index (χ3v) is 7.54. The van der Waals surface area contributed by atoms with Crippen molar-refractivity contribution >= 4 is 32.7 Å². The first-order valence-corrected chi connectivity index (χ1v) is 11.9. The number of ether oxygens (including phenoxy) is 1. The first kappa shape index (κ1) is 22.2. The molecule has 0 fully saturated rings. The molecule has 9 nitrogen and oxygen atoms in total. The quantitative estimate of drug-likeness (QED) is 0.607. The number of benzene rings is 1. The van der Waals surface area contributed by atoms with Gasteiger partial charge in [-0.3, -0.25) is 4.79 Å². The van der Waals surface area contributed by atoms with Gasteiger partial charge in [0.05, 0.1) is 17.4 Å². The lowest BCUT2D eigenvalue weighted by atomic mass is 10.00. The van der Waals surface area contributed by atoms with Gasteiger partial charge in [0.2, 0.25) is 21.8 Å². The molecule has 1 N–H and O–H groups in total. The fourth-order valence-electron chi connectivity index (χ4n) is 4.40. The molecule has 0 saturated heterocycles. The summed E-state index contributed by atoms with van der Waals surface area (Å²) in [6.45, 7) is 4.50. The van der Waals surface area contributed by atoms with E-state index in [1.807, 2.05) is 20.9 Å². The Balaban J connectivity index is 1.57. The van der Waals surface area contributed by atoms with Gasteiger partial charge in [-0.15, -0.1) is 5.10 Å². The van der Waals surface area contributed by atoms with Gasteiger partial charge in [0.15, 0.2) is 5.65 Å². The first-order valence-electron chi connectivity index (χ1n) is 10.4. The molecule has 0 bridgehead atoms. The van der Waals surface area contributed by atoms with Gasteiger partial charge in [-0.25, -0.2) is 22.8 Å². The Morgan fingerprint density at radius 2 is 2.03 bits per heavy atom. The fourth-order valence-corrected chi connectivity index (χ4v) is 5.18. The van der Waals surface area contributed by atoms with E-state index in [2.05, 4.69) is 14.8 Å². The van der Waals surface area contributed by atoms with Crippen LogP contribution in [0.25, 0.3) is 11.0 Å². The number of fused-ring (bicyclic) bond motifs is 2. The van der Waals surface area contributed by atoms with Gasteiger partial charge in [0, 0.05) is 31.4 Å². The van der Waals surface area contributed by atoms with Crippen molar-refractivity contribution in [3.8, 4) is 5.88 Å². The van der Waals surface area contributed by atoms with E-state index in [9.17, 15) is 13.2 Å². The number of anilines is 1. The van der Waals surface area contributed by atoms with Crippen molar-refractivity contribution in [3.63, 3.8) is 0 Å². The molecule has 0 unspecified atom stereocenters. The normalized spacial score (nSPS) is 13.6. The zero-order valence-corrected chi connectivity index (χ0v) is 19.7. The molecule has 3 heterocycles. The van der Waals surface area contributed by atoms with Gasteiger partial charge in [0.25, 0.3) is 0 Å². The van der Waals surface area contributed by atoms with Crippen molar-refractivity contribution in [3.05, 3.63) is 40.6 Å². The lowest BCUT2D eigenvalue weighted by Crippen LogP contribution is -2.29. The van der Waals surface area contributed by atoms with Crippen molar-refractivity contribution < 1.29 is 17.9 Å². The molecule has 0 spiro atoms. The van der Waals surface area contributed by atoms with Crippen LogP contribution in [0.3, 0.4) is 0 Å². The van der Waals surface area contributed by atoms with E-state index in [1.165, 1.54) is 13.1 Å². The number of aryl methyl sites for hydroxylation is 3. The molecule has 0 aliphatic carbocycles. The van der Waals surface area contributed by atoms with Crippen molar-refractivity contribution in [1.29, 1.82) is 0 Å². The van der Waals surface area contributed by atoms with Crippen LogP contribution in [0.5, 0.6) is 5.88 Å². The highest BCUT2D eigenvalue weighted by atomic mass is 32.2. The molecule has 1 aromatic carbocycles. The maximum absolute atomic E-state index is 13.1. The van der Waals surface area contributed by atoms with E-state index >= 15 is 0 Å². The minimum atomic E-state index is -3.51. The minimum Gasteiger partial charge on any atom is -0.479 e. The molecule has 1 amide bonds. The summed E-state index contributed by atoms with van der Waals surface area (Å²) in [4.78, 5) is 19.7. The third-order valence-electron chi connectivity index (χ3n) is 6.13. The fraction of sp³-hybridized carbons (Fsp3) is 0.409. The molecule has 170 valence electrons. The number of amides is 1. The number of hydrogen-bond acceptors (Lipinski definition) is 6. The number of methoxy groups -OCH3 is 1. The molecule has 4 rings (SSSR count). The van der Waals surface area contributed by atoms with Gasteiger partial charge in [-0.05, 0) is 68.6 Å². The third kappa shape index (κ3) is 3.63. The predicted molar refractivity (Wildman–Crippen MR) is 122 cm³/mol. The molecular weight excluding hydrogens is 430 g/mol. The molecule has 10 heteroatoms. The topological polar surface area (TPSA) is 106 Å². The van der Waals surface area contributed by atoms with Crippen LogP contribution in [-0.4, -0.2) is 49.8 Å². The standard InChI is InChI=1S/C22H27N5O4S/c1-13-17(14(2)24-21-20(13)22(31-5)25-26(21)4)7-9-19(28)27-11-10-15-12-16(6-8-18(15)27)32(29,30)23-3/h6,8,12,23H,7,9-11H2,1-5H3.